The van der Waals surface area contributed by atoms with Gasteiger partial charge in [0.1, 0.15) is 6.10 Å². The highest BCUT2D eigenvalue weighted by Gasteiger charge is 2.57. The van der Waals surface area contributed by atoms with Crippen molar-refractivity contribution in [1.82, 2.24) is 0 Å². The zero-order chi connectivity index (χ0) is 19.6. The molecular weight excluding hydrogens is 355 g/mol. The number of methoxy groups -OCH3 is 1. The van der Waals surface area contributed by atoms with Crippen molar-refractivity contribution in [3.05, 3.63) is 71.3 Å². The quantitative estimate of drug-likeness (QED) is 0.829. The number of hydrogen-bond acceptors (Lipinski definition) is 6. The Morgan fingerprint density at radius 3 is 2.41 bits per heavy atom. The Balaban J connectivity index is 1.92. The van der Waals surface area contributed by atoms with Crippen molar-refractivity contribution in [3.63, 3.8) is 0 Å². The lowest BCUT2D eigenvalue weighted by Crippen LogP contribution is -2.42. The largest absolute Gasteiger partial charge is 0.465 e. The first-order valence-corrected chi connectivity index (χ1v) is 8.31. The minimum atomic E-state index is -2.34. The molecule has 3 rings (SSSR count). The molecule has 2 aromatic carbocycles. The van der Waals surface area contributed by atoms with Crippen LogP contribution in [0.2, 0.25) is 0 Å². The van der Waals surface area contributed by atoms with Crippen molar-refractivity contribution in [3.8, 4) is 0 Å². The van der Waals surface area contributed by atoms with E-state index in [1.807, 2.05) is 0 Å². The van der Waals surface area contributed by atoms with Gasteiger partial charge >= 0.3 is 11.9 Å². The molecule has 1 aliphatic rings. The lowest BCUT2D eigenvalue weighted by molar-refractivity contribution is -0.140. The van der Waals surface area contributed by atoms with Crippen LogP contribution in [-0.2, 0) is 14.2 Å². The number of carbonyl (C=O) groups is 2. The van der Waals surface area contributed by atoms with E-state index in [9.17, 15) is 14.7 Å². The predicted octanol–water partition coefficient (Wildman–Crippen LogP) is 2.82. The predicted molar refractivity (Wildman–Crippen MR) is 92.8 cm³/mol. The van der Waals surface area contributed by atoms with Crippen LogP contribution in [0, 0.1) is 0 Å². The summed E-state index contributed by atoms with van der Waals surface area (Å²) in [7, 11) is 1.24. The Labute approximate surface area is 155 Å². The van der Waals surface area contributed by atoms with Crippen LogP contribution in [-0.4, -0.2) is 42.2 Å². The molecule has 6 nitrogen and oxygen atoms in total. The number of carbonyl (C=O) groups excluding carboxylic acids is 2. The topological polar surface area (TPSA) is 82.1 Å². The average molecular weight is 374 g/mol. The summed E-state index contributed by atoms with van der Waals surface area (Å²) in [6.45, 7) is 1.10. The molecule has 0 bridgehead atoms. The van der Waals surface area contributed by atoms with E-state index in [1.165, 1.54) is 31.4 Å². The molecule has 142 valence electrons. The molecule has 0 amide bonds. The fourth-order valence-corrected chi connectivity index (χ4v) is 2.93. The molecule has 0 aliphatic carbocycles. The molecule has 1 unspecified atom stereocenters. The molecule has 2 aromatic rings. The van der Waals surface area contributed by atoms with Gasteiger partial charge in [-0.05, 0) is 36.8 Å². The number of esters is 2. The molecule has 4 atom stereocenters. The Kier molecular flexibility index (Phi) is 5.25. The van der Waals surface area contributed by atoms with E-state index in [2.05, 4.69) is 4.74 Å². The van der Waals surface area contributed by atoms with Crippen LogP contribution >= 0.6 is 0 Å². The van der Waals surface area contributed by atoms with E-state index < -0.39 is 36.1 Å². The zero-order valence-electron chi connectivity index (χ0n) is 14.8. The van der Waals surface area contributed by atoms with Crippen molar-refractivity contribution in [2.24, 2.45) is 0 Å². The van der Waals surface area contributed by atoms with Gasteiger partial charge in [-0.25, -0.2) is 14.0 Å². The Bertz CT molecular complexity index is 835. The number of halogens is 1. The molecule has 1 heterocycles. The third kappa shape index (κ3) is 3.70. The number of hydrogen-bond donors (Lipinski definition) is 1. The highest BCUT2D eigenvalue weighted by Crippen LogP contribution is 2.43. The van der Waals surface area contributed by atoms with Crippen LogP contribution < -0.4 is 0 Å². The molecule has 0 aromatic heterocycles. The van der Waals surface area contributed by atoms with Crippen LogP contribution in [0.25, 0.3) is 0 Å². The normalized spacial score (nSPS) is 27.2. The second-order valence-corrected chi connectivity index (χ2v) is 6.37. The van der Waals surface area contributed by atoms with Gasteiger partial charge in [0.25, 0.3) is 0 Å². The van der Waals surface area contributed by atoms with E-state index in [0.717, 1.165) is 6.92 Å². The molecule has 1 fully saturated rings. The summed E-state index contributed by atoms with van der Waals surface area (Å²) in [4.78, 5) is 24.1. The summed E-state index contributed by atoms with van der Waals surface area (Å²) in [5.41, 5.74) is -1.48. The second kappa shape index (κ2) is 7.46. The first kappa shape index (κ1) is 19.0. The molecule has 1 aliphatic heterocycles. The fourth-order valence-electron chi connectivity index (χ4n) is 2.93. The summed E-state index contributed by atoms with van der Waals surface area (Å²) < 4.78 is 30.4. The van der Waals surface area contributed by atoms with Gasteiger partial charge in [0, 0.05) is 0 Å². The van der Waals surface area contributed by atoms with E-state index in [-0.39, 0.29) is 11.1 Å². The molecular formula is C20H19FO6. The first-order valence-electron chi connectivity index (χ1n) is 8.31. The van der Waals surface area contributed by atoms with Crippen molar-refractivity contribution in [1.29, 1.82) is 0 Å². The van der Waals surface area contributed by atoms with Crippen molar-refractivity contribution < 1.29 is 33.3 Å². The van der Waals surface area contributed by atoms with E-state index in [0.29, 0.717) is 5.56 Å². The lowest BCUT2D eigenvalue weighted by Gasteiger charge is -2.25. The van der Waals surface area contributed by atoms with Gasteiger partial charge in [0.2, 0.25) is 0 Å². The van der Waals surface area contributed by atoms with Gasteiger partial charge in [0.15, 0.2) is 18.1 Å². The number of aliphatic hydroxyl groups excluding tert-OH is 1. The fraction of sp³-hybridized carbons (Fsp3) is 0.300. The molecule has 0 saturated carbocycles. The highest BCUT2D eigenvalue weighted by molar-refractivity contribution is 5.90. The first-order chi connectivity index (χ1) is 12.8. The smallest absolute Gasteiger partial charge is 0.338 e. The highest BCUT2D eigenvalue weighted by atomic mass is 19.1. The number of alkyl halides is 1. The molecule has 1 N–H and O–H groups in total. The maximum Gasteiger partial charge on any atom is 0.338 e. The van der Waals surface area contributed by atoms with E-state index in [1.54, 1.807) is 30.3 Å². The standard InChI is InChI=1S/C20H19FO6/c1-20(21)16(27-18(23)12-7-4-3-5-8-12)15(26-19(20)24)13-9-6-10-14(11-13)17(22)25-2/h3-11,15-16,19,24H,1-2H3/t15-,16-,19?,20-/m1/s1. The Hall–Kier alpha value is -2.77. The number of ether oxygens (including phenoxy) is 3. The molecule has 0 spiro atoms. The maximum atomic E-state index is 15.1. The van der Waals surface area contributed by atoms with Crippen molar-refractivity contribution in [2.45, 2.75) is 31.1 Å². The Morgan fingerprint density at radius 2 is 1.74 bits per heavy atom. The average Bonchev–Trinajstić information content (AvgIpc) is 2.91. The summed E-state index contributed by atoms with van der Waals surface area (Å²) in [5.74, 6) is -1.31. The molecule has 27 heavy (non-hydrogen) atoms. The number of aliphatic hydroxyl groups is 1. The van der Waals surface area contributed by atoms with Gasteiger partial charge in [-0.2, -0.15) is 0 Å². The zero-order valence-corrected chi connectivity index (χ0v) is 14.8. The summed E-state index contributed by atoms with van der Waals surface area (Å²) in [6.07, 6.45) is -4.29. The summed E-state index contributed by atoms with van der Waals surface area (Å²) in [6, 6.07) is 14.3. The minimum absolute atomic E-state index is 0.230. The van der Waals surface area contributed by atoms with Crippen molar-refractivity contribution in [2.75, 3.05) is 7.11 Å². The number of rotatable bonds is 4. The van der Waals surface area contributed by atoms with Gasteiger partial charge in [0.05, 0.1) is 18.2 Å². The van der Waals surface area contributed by atoms with Crippen LogP contribution in [0.15, 0.2) is 54.6 Å². The monoisotopic (exact) mass is 374 g/mol. The van der Waals surface area contributed by atoms with Crippen molar-refractivity contribution >= 4 is 11.9 Å². The molecule has 1 saturated heterocycles. The maximum absolute atomic E-state index is 15.1. The number of benzene rings is 2. The van der Waals surface area contributed by atoms with Gasteiger partial charge in [-0.1, -0.05) is 30.3 Å². The SMILES string of the molecule is COC(=O)c1cccc([C@H]2OC(O)[C@](C)(F)[C@@H]2OC(=O)c2ccccc2)c1. The van der Waals surface area contributed by atoms with E-state index >= 15 is 4.39 Å². The summed E-state index contributed by atoms with van der Waals surface area (Å²) in [5, 5.41) is 9.99. The van der Waals surface area contributed by atoms with E-state index in [4.69, 9.17) is 9.47 Å². The molecule has 0 radical (unpaired) electrons. The van der Waals surface area contributed by atoms with Crippen LogP contribution in [0.3, 0.4) is 0 Å². The minimum Gasteiger partial charge on any atom is -0.465 e. The third-order valence-corrected chi connectivity index (χ3v) is 4.47. The van der Waals surface area contributed by atoms with Gasteiger partial charge in [-0.3, -0.25) is 0 Å². The van der Waals surface area contributed by atoms with Crippen LogP contribution in [0.4, 0.5) is 4.39 Å². The van der Waals surface area contributed by atoms with Gasteiger partial charge < -0.3 is 19.3 Å². The third-order valence-electron chi connectivity index (χ3n) is 4.47. The van der Waals surface area contributed by atoms with Crippen LogP contribution in [0.1, 0.15) is 39.3 Å². The van der Waals surface area contributed by atoms with Gasteiger partial charge in [-0.15, -0.1) is 0 Å². The molecule has 7 heteroatoms. The lowest BCUT2D eigenvalue weighted by atomic mass is 9.94. The Morgan fingerprint density at radius 1 is 1.07 bits per heavy atom. The second-order valence-electron chi connectivity index (χ2n) is 6.37. The van der Waals surface area contributed by atoms with Crippen LogP contribution in [0.5, 0.6) is 0 Å². The summed E-state index contributed by atoms with van der Waals surface area (Å²) >= 11 is 0.